The van der Waals surface area contributed by atoms with E-state index in [0.29, 0.717) is 16.8 Å². The van der Waals surface area contributed by atoms with Crippen molar-refractivity contribution in [2.45, 2.75) is 32.4 Å². The maximum Gasteiger partial charge on any atom is 0.141 e. The second-order valence-corrected chi connectivity index (χ2v) is 12.0. The molecular weight excluding hydrogens is 274 g/mol. The van der Waals surface area contributed by atoms with Crippen LogP contribution in [0.25, 0.3) is 10.9 Å². The summed E-state index contributed by atoms with van der Waals surface area (Å²) in [5.41, 5.74) is 1.26. The summed E-state index contributed by atoms with van der Waals surface area (Å²) in [6.07, 6.45) is 1.71. The third-order valence-corrected chi connectivity index (χ3v) is 11.3. The summed E-state index contributed by atoms with van der Waals surface area (Å²) >= 11 is 6.28. The first-order valence-corrected chi connectivity index (χ1v) is 9.68. The van der Waals surface area contributed by atoms with E-state index in [1.165, 1.54) is 0 Å². The molecule has 1 unspecified atom stereocenters. The van der Waals surface area contributed by atoms with E-state index in [4.69, 9.17) is 11.6 Å². The van der Waals surface area contributed by atoms with Crippen LogP contribution in [0.1, 0.15) is 20.8 Å². The van der Waals surface area contributed by atoms with Crippen molar-refractivity contribution < 1.29 is 5.11 Å². The molecule has 1 heterocycles. The van der Waals surface area contributed by atoms with Gasteiger partial charge in [0, 0.05) is 17.1 Å². The smallest absolute Gasteiger partial charge is 0.141 e. The predicted octanol–water partition coefficient (Wildman–Crippen LogP) is 3.80. The minimum absolute atomic E-state index is 0.0781. The van der Waals surface area contributed by atoms with Gasteiger partial charge in [-0.3, -0.25) is 4.98 Å². The molecule has 2 aromatic rings. The Labute approximate surface area is 120 Å². The van der Waals surface area contributed by atoms with Crippen LogP contribution in [-0.4, -0.2) is 23.7 Å². The molecule has 0 saturated carbocycles. The van der Waals surface area contributed by atoms with Crippen LogP contribution in [0.2, 0.25) is 11.6 Å². The summed E-state index contributed by atoms with van der Waals surface area (Å²) in [6.45, 7) is 8.82. The average molecular weight is 294 g/mol. The molecule has 2 rings (SSSR count). The van der Waals surface area contributed by atoms with Gasteiger partial charge in [-0.05, 0) is 16.3 Å². The van der Waals surface area contributed by atoms with E-state index >= 15 is 0 Å². The lowest BCUT2D eigenvalue weighted by molar-refractivity contribution is 0.483. The van der Waals surface area contributed by atoms with Crippen molar-refractivity contribution in [1.29, 1.82) is 0 Å². The lowest BCUT2D eigenvalue weighted by Crippen LogP contribution is -2.54. The normalized spacial score (nSPS) is 15.4. The fraction of sp³-hybridized carbons (Fsp3) is 0.400. The molecule has 0 radical (unpaired) electrons. The first kappa shape index (κ1) is 14.3. The van der Waals surface area contributed by atoms with Crippen molar-refractivity contribution >= 4 is 35.8 Å². The van der Waals surface area contributed by atoms with E-state index in [-0.39, 0.29) is 5.04 Å². The number of aromatic hydroxyl groups is 1. The molecule has 0 fully saturated rings. The topological polar surface area (TPSA) is 33.1 Å². The molecule has 0 aliphatic rings. The number of nitrogens with zero attached hydrogens (tertiary/aromatic N) is 1. The third-order valence-electron chi connectivity index (χ3n) is 4.26. The fourth-order valence-corrected chi connectivity index (χ4v) is 6.33. The number of hydrogen-bond donors (Lipinski definition) is 1. The van der Waals surface area contributed by atoms with E-state index in [1.54, 1.807) is 6.20 Å². The number of phenols is 1. The van der Waals surface area contributed by atoms with Gasteiger partial charge in [-0.1, -0.05) is 45.5 Å². The Morgan fingerprint density at radius 3 is 2.53 bits per heavy atom. The van der Waals surface area contributed by atoms with E-state index < -0.39 is 8.07 Å². The molecule has 1 aromatic heterocycles. The van der Waals surface area contributed by atoms with Crippen molar-refractivity contribution in [3.05, 3.63) is 30.5 Å². The molecule has 4 heteroatoms. The van der Waals surface area contributed by atoms with Gasteiger partial charge in [-0.25, -0.2) is 0 Å². The number of rotatable bonds is 2. The van der Waals surface area contributed by atoms with Crippen molar-refractivity contribution in [2.75, 3.05) is 5.50 Å². The Morgan fingerprint density at radius 1 is 1.26 bits per heavy atom. The monoisotopic (exact) mass is 293 g/mol. The second-order valence-electron chi connectivity index (χ2n) is 6.25. The molecule has 0 amide bonds. The maximum absolute atomic E-state index is 10.6. The SMILES string of the molecule is CC(C)(C)[Si](C)(CCl)c1ccc2cccnc2c1O. The number of fused-ring (bicyclic) bond motifs is 1. The van der Waals surface area contributed by atoms with Crippen molar-refractivity contribution in [1.82, 2.24) is 4.98 Å². The lowest BCUT2D eigenvalue weighted by atomic mass is 10.2. The van der Waals surface area contributed by atoms with Crippen molar-refractivity contribution in [3.8, 4) is 5.75 Å². The molecule has 1 aromatic carbocycles. The van der Waals surface area contributed by atoms with Crippen LogP contribution in [0.3, 0.4) is 0 Å². The fourth-order valence-electron chi connectivity index (χ4n) is 2.25. The maximum atomic E-state index is 10.6. The third kappa shape index (κ3) is 2.25. The molecule has 0 saturated heterocycles. The Kier molecular flexibility index (Phi) is 3.62. The van der Waals surface area contributed by atoms with Gasteiger partial charge < -0.3 is 5.11 Å². The van der Waals surface area contributed by atoms with E-state index in [9.17, 15) is 5.11 Å². The molecule has 19 heavy (non-hydrogen) atoms. The molecule has 0 aliphatic carbocycles. The van der Waals surface area contributed by atoms with Crippen LogP contribution in [0.15, 0.2) is 30.5 Å². The minimum Gasteiger partial charge on any atom is -0.506 e. The highest BCUT2D eigenvalue weighted by Gasteiger charge is 2.42. The quantitative estimate of drug-likeness (QED) is 0.675. The van der Waals surface area contributed by atoms with E-state index in [0.717, 1.165) is 10.6 Å². The number of benzene rings is 1. The first-order chi connectivity index (χ1) is 8.81. The summed E-state index contributed by atoms with van der Waals surface area (Å²) in [7, 11) is -1.99. The first-order valence-electron chi connectivity index (χ1n) is 6.44. The second kappa shape index (κ2) is 4.80. The Morgan fingerprint density at radius 2 is 1.95 bits per heavy atom. The summed E-state index contributed by atoms with van der Waals surface area (Å²) in [5.74, 6) is 0.308. The van der Waals surface area contributed by atoms with Crippen LogP contribution in [0.5, 0.6) is 5.75 Å². The van der Waals surface area contributed by atoms with Crippen LogP contribution in [-0.2, 0) is 0 Å². The number of halogens is 1. The summed E-state index contributed by atoms with van der Waals surface area (Å²) < 4.78 is 0. The molecule has 102 valence electrons. The molecule has 2 nitrogen and oxygen atoms in total. The van der Waals surface area contributed by atoms with Gasteiger partial charge in [0.05, 0.1) is 0 Å². The summed E-state index contributed by atoms with van der Waals surface area (Å²) in [5, 5.41) is 12.6. The van der Waals surface area contributed by atoms with Crippen LogP contribution in [0, 0.1) is 0 Å². The molecule has 0 spiro atoms. The summed E-state index contributed by atoms with van der Waals surface area (Å²) in [4.78, 5) is 4.30. The number of hydrogen-bond acceptors (Lipinski definition) is 2. The zero-order valence-corrected chi connectivity index (χ0v) is 13.6. The van der Waals surface area contributed by atoms with Crippen molar-refractivity contribution in [3.63, 3.8) is 0 Å². The number of pyridine rings is 1. The lowest BCUT2D eigenvalue weighted by Gasteiger charge is -2.39. The van der Waals surface area contributed by atoms with Crippen LogP contribution >= 0.6 is 11.6 Å². The van der Waals surface area contributed by atoms with Gasteiger partial charge in [0.1, 0.15) is 19.3 Å². The predicted molar refractivity (Wildman–Crippen MR) is 85.1 cm³/mol. The van der Waals surface area contributed by atoms with E-state index in [2.05, 4.69) is 32.3 Å². The number of alkyl halides is 1. The summed E-state index contributed by atoms with van der Waals surface area (Å²) in [6, 6.07) is 7.89. The molecule has 0 aliphatic heterocycles. The molecular formula is C15H20ClNOSi. The largest absolute Gasteiger partial charge is 0.506 e. The van der Waals surface area contributed by atoms with Crippen molar-refractivity contribution in [2.24, 2.45) is 0 Å². The molecule has 0 bridgehead atoms. The zero-order valence-electron chi connectivity index (χ0n) is 11.9. The highest BCUT2D eigenvalue weighted by molar-refractivity contribution is 6.97. The molecule has 1 atom stereocenters. The number of aromatic nitrogens is 1. The highest BCUT2D eigenvalue weighted by atomic mass is 35.5. The Balaban J connectivity index is 2.72. The van der Waals surface area contributed by atoms with Gasteiger partial charge in [-0.15, -0.1) is 11.6 Å². The standard InChI is InChI=1S/C15H20ClNOSi/c1-15(2,3)19(4,10-16)12-8-7-11-6-5-9-17-13(11)14(12)18/h5-9,18H,10H2,1-4H3. The van der Waals surface area contributed by atoms with Gasteiger partial charge in [0.25, 0.3) is 0 Å². The van der Waals surface area contributed by atoms with Crippen LogP contribution < -0.4 is 5.19 Å². The number of phenolic OH excluding ortho intramolecular Hbond substituents is 1. The highest BCUT2D eigenvalue weighted by Crippen LogP contribution is 2.39. The van der Waals surface area contributed by atoms with Crippen LogP contribution in [0.4, 0.5) is 0 Å². The average Bonchev–Trinajstić information content (AvgIpc) is 2.37. The van der Waals surface area contributed by atoms with E-state index in [1.807, 2.05) is 24.3 Å². The van der Waals surface area contributed by atoms with Gasteiger partial charge in [-0.2, -0.15) is 0 Å². The minimum atomic E-state index is -1.99. The zero-order chi connectivity index (χ0) is 14.3. The molecule has 1 N–H and O–H groups in total. The Hall–Kier alpha value is -1.06. The van der Waals surface area contributed by atoms with Gasteiger partial charge in [0.2, 0.25) is 0 Å². The Bertz CT molecular complexity index is 609. The van der Waals surface area contributed by atoms with Gasteiger partial charge >= 0.3 is 0 Å². The van der Waals surface area contributed by atoms with Gasteiger partial charge in [0.15, 0.2) is 0 Å².